The number of fused-ring (bicyclic) bond motifs is 1. The maximum atomic E-state index is 11.3. The summed E-state index contributed by atoms with van der Waals surface area (Å²) >= 11 is 5.10. The number of para-hydroxylation sites is 1. The molecule has 0 fully saturated rings. The molecule has 0 radical (unpaired) electrons. The summed E-state index contributed by atoms with van der Waals surface area (Å²) in [6.07, 6.45) is 0.398. The van der Waals surface area contributed by atoms with E-state index in [9.17, 15) is 4.79 Å². The molecule has 1 amide bonds. The van der Waals surface area contributed by atoms with Gasteiger partial charge < -0.3 is 10.6 Å². The molecular weight excluding hydrogens is 258 g/mol. The van der Waals surface area contributed by atoms with Gasteiger partial charge in [-0.25, -0.2) is 0 Å². The fourth-order valence-corrected chi connectivity index (χ4v) is 1.94. The van der Waals surface area contributed by atoms with E-state index in [1.54, 1.807) is 6.92 Å². The molecule has 0 aliphatic carbocycles. The van der Waals surface area contributed by atoms with Crippen LogP contribution in [0.2, 0.25) is 0 Å². The van der Waals surface area contributed by atoms with Gasteiger partial charge in [-0.05, 0) is 31.3 Å². The van der Waals surface area contributed by atoms with Crippen molar-refractivity contribution >= 4 is 39.8 Å². The SMILES string of the molecule is CCC(=O)NC(=S)Nc1cccc2ccc(C)nc12. The lowest BCUT2D eigenvalue weighted by Crippen LogP contribution is -2.33. The first-order valence-electron chi connectivity index (χ1n) is 6.07. The van der Waals surface area contributed by atoms with Crippen LogP contribution in [0.1, 0.15) is 19.0 Å². The summed E-state index contributed by atoms with van der Waals surface area (Å²) in [5, 5.41) is 6.95. The largest absolute Gasteiger partial charge is 0.331 e. The molecule has 0 atom stereocenters. The van der Waals surface area contributed by atoms with Crippen LogP contribution in [0.5, 0.6) is 0 Å². The Hall–Kier alpha value is -2.01. The minimum absolute atomic E-state index is 0.109. The number of anilines is 1. The van der Waals surface area contributed by atoms with Gasteiger partial charge in [-0.15, -0.1) is 0 Å². The van der Waals surface area contributed by atoms with Crippen LogP contribution in [0, 0.1) is 6.92 Å². The molecule has 2 rings (SSSR count). The number of aromatic nitrogens is 1. The van der Waals surface area contributed by atoms with Gasteiger partial charge in [-0.3, -0.25) is 9.78 Å². The monoisotopic (exact) mass is 273 g/mol. The summed E-state index contributed by atoms with van der Waals surface area (Å²) < 4.78 is 0. The van der Waals surface area contributed by atoms with E-state index in [2.05, 4.69) is 15.6 Å². The Morgan fingerprint density at radius 1 is 1.32 bits per heavy atom. The van der Waals surface area contributed by atoms with E-state index >= 15 is 0 Å². The molecule has 0 unspecified atom stereocenters. The van der Waals surface area contributed by atoms with Crippen LogP contribution in [-0.4, -0.2) is 16.0 Å². The number of pyridine rings is 1. The molecule has 1 aromatic heterocycles. The molecule has 0 bridgehead atoms. The van der Waals surface area contributed by atoms with E-state index in [-0.39, 0.29) is 5.91 Å². The molecule has 0 aliphatic heterocycles. The number of hydrogen-bond donors (Lipinski definition) is 2. The minimum Gasteiger partial charge on any atom is -0.331 e. The second kappa shape index (κ2) is 5.75. The molecule has 4 nitrogen and oxygen atoms in total. The molecule has 19 heavy (non-hydrogen) atoms. The second-order valence-electron chi connectivity index (χ2n) is 4.19. The first-order valence-corrected chi connectivity index (χ1v) is 6.48. The lowest BCUT2D eigenvalue weighted by molar-refractivity contribution is -0.119. The van der Waals surface area contributed by atoms with E-state index in [0.717, 1.165) is 22.3 Å². The molecule has 2 N–H and O–H groups in total. The Morgan fingerprint density at radius 2 is 2.11 bits per heavy atom. The summed E-state index contributed by atoms with van der Waals surface area (Å²) in [7, 11) is 0. The van der Waals surface area contributed by atoms with Crippen molar-refractivity contribution in [2.45, 2.75) is 20.3 Å². The summed E-state index contributed by atoms with van der Waals surface area (Å²) in [6.45, 7) is 3.72. The highest BCUT2D eigenvalue weighted by Gasteiger charge is 2.06. The van der Waals surface area contributed by atoms with Crippen LogP contribution in [0.4, 0.5) is 5.69 Å². The molecule has 0 saturated carbocycles. The van der Waals surface area contributed by atoms with Crippen molar-refractivity contribution < 1.29 is 4.79 Å². The summed E-state index contributed by atoms with van der Waals surface area (Å²) in [6, 6.07) is 9.77. The number of amides is 1. The van der Waals surface area contributed by atoms with Crippen LogP contribution < -0.4 is 10.6 Å². The summed E-state index contributed by atoms with van der Waals surface area (Å²) in [5.41, 5.74) is 2.57. The van der Waals surface area contributed by atoms with Gasteiger partial charge in [-0.2, -0.15) is 0 Å². The number of nitrogens with zero attached hydrogens (tertiary/aromatic N) is 1. The Labute approximate surface area is 117 Å². The van der Waals surface area contributed by atoms with Crippen molar-refractivity contribution in [3.63, 3.8) is 0 Å². The number of carbonyl (C=O) groups excluding carboxylic acids is 1. The van der Waals surface area contributed by atoms with Gasteiger partial charge >= 0.3 is 0 Å². The second-order valence-corrected chi connectivity index (χ2v) is 4.59. The third kappa shape index (κ3) is 3.26. The van der Waals surface area contributed by atoms with Gasteiger partial charge in [-0.1, -0.05) is 25.1 Å². The van der Waals surface area contributed by atoms with Gasteiger partial charge in [0.2, 0.25) is 5.91 Å². The minimum atomic E-state index is -0.109. The van der Waals surface area contributed by atoms with Crippen molar-refractivity contribution in [3.05, 3.63) is 36.0 Å². The maximum Gasteiger partial charge on any atom is 0.225 e. The zero-order valence-electron chi connectivity index (χ0n) is 10.9. The molecule has 1 heterocycles. The van der Waals surface area contributed by atoms with E-state index in [1.165, 1.54) is 0 Å². The van der Waals surface area contributed by atoms with Crippen molar-refractivity contribution in [1.29, 1.82) is 0 Å². The first kappa shape index (κ1) is 13.4. The van der Waals surface area contributed by atoms with Crippen molar-refractivity contribution in [1.82, 2.24) is 10.3 Å². The lowest BCUT2D eigenvalue weighted by atomic mass is 10.2. The normalized spacial score (nSPS) is 10.2. The molecule has 5 heteroatoms. The fraction of sp³-hybridized carbons (Fsp3) is 0.214. The zero-order chi connectivity index (χ0) is 13.8. The topological polar surface area (TPSA) is 54.0 Å². The number of nitrogens with one attached hydrogen (secondary N) is 2. The molecule has 1 aromatic carbocycles. The third-order valence-electron chi connectivity index (χ3n) is 2.68. The quantitative estimate of drug-likeness (QED) is 0.826. The Balaban J connectivity index is 2.27. The summed E-state index contributed by atoms with van der Waals surface area (Å²) in [5.74, 6) is -0.109. The molecule has 0 spiro atoms. The van der Waals surface area contributed by atoms with Gasteiger partial charge in [0, 0.05) is 17.5 Å². The number of carbonyl (C=O) groups is 1. The molecular formula is C14H15N3OS. The summed E-state index contributed by atoms with van der Waals surface area (Å²) in [4.78, 5) is 15.8. The molecule has 0 saturated heterocycles. The van der Waals surface area contributed by atoms with Crippen LogP contribution in [0.15, 0.2) is 30.3 Å². The van der Waals surface area contributed by atoms with Gasteiger partial charge in [0.25, 0.3) is 0 Å². The Morgan fingerprint density at radius 3 is 2.84 bits per heavy atom. The molecule has 0 aliphatic rings. The highest BCUT2D eigenvalue weighted by Crippen LogP contribution is 2.21. The molecule has 2 aromatic rings. The van der Waals surface area contributed by atoms with E-state index in [4.69, 9.17) is 12.2 Å². The van der Waals surface area contributed by atoms with Gasteiger partial charge in [0.05, 0.1) is 11.2 Å². The number of thiocarbonyl (C=S) groups is 1. The van der Waals surface area contributed by atoms with Crippen LogP contribution >= 0.6 is 12.2 Å². The van der Waals surface area contributed by atoms with Crippen molar-refractivity contribution in [3.8, 4) is 0 Å². The van der Waals surface area contributed by atoms with Crippen LogP contribution in [0.3, 0.4) is 0 Å². The van der Waals surface area contributed by atoms with E-state index in [1.807, 2.05) is 37.3 Å². The van der Waals surface area contributed by atoms with Gasteiger partial charge in [0.15, 0.2) is 5.11 Å². The number of aryl methyl sites for hydroxylation is 1. The average Bonchev–Trinajstić information content (AvgIpc) is 2.39. The highest BCUT2D eigenvalue weighted by atomic mass is 32.1. The van der Waals surface area contributed by atoms with Crippen molar-refractivity contribution in [2.24, 2.45) is 0 Å². The Kier molecular flexibility index (Phi) is 4.06. The van der Waals surface area contributed by atoms with Crippen LogP contribution in [-0.2, 0) is 4.79 Å². The van der Waals surface area contributed by atoms with Crippen molar-refractivity contribution in [2.75, 3.05) is 5.32 Å². The first-order chi connectivity index (χ1) is 9.10. The standard InChI is InChI=1S/C14H15N3OS/c1-3-12(18)17-14(19)16-11-6-4-5-10-8-7-9(2)15-13(10)11/h4-8H,3H2,1-2H3,(H2,16,17,18,19). The Bertz CT molecular complexity index is 640. The molecule has 98 valence electrons. The third-order valence-corrected chi connectivity index (χ3v) is 2.89. The van der Waals surface area contributed by atoms with E-state index < -0.39 is 0 Å². The predicted octanol–water partition coefficient (Wildman–Crippen LogP) is 2.77. The zero-order valence-corrected chi connectivity index (χ0v) is 11.7. The highest BCUT2D eigenvalue weighted by molar-refractivity contribution is 7.80. The van der Waals surface area contributed by atoms with E-state index in [0.29, 0.717) is 11.5 Å². The number of benzene rings is 1. The number of rotatable bonds is 2. The van der Waals surface area contributed by atoms with Crippen LogP contribution in [0.25, 0.3) is 10.9 Å². The number of hydrogen-bond acceptors (Lipinski definition) is 3. The predicted molar refractivity (Wildman–Crippen MR) is 81.1 cm³/mol. The van der Waals surface area contributed by atoms with Gasteiger partial charge in [0.1, 0.15) is 0 Å². The maximum absolute atomic E-state index is 11.3. The lowest BCUT2D eigenvalue weighted by Gasteiger charge is -2.11. The fourth-order valence-electron chi connectivity index (χ4n) is 1.71. The average molecular weight is 273 g/mol. The smallest absolute Gasteiger partial charge is 0.225 e.